The van der Waals surface area contributed by atoms with Crippen molar-refractivity contribution in [2.24, 2.45) is 4.99 Å². The van der Waals surface area contributed by atoms with Crippen LogP contribution in [0.25, 0.3) is 11.1 Å². The third kappa shape index (κ3) is 1.43. The van der Waals surface area contributed by atoms with Crippen molar-refractivity contribution in [3.63, 3.8) is 0 Å². The number of aromatic amines is 1. The molecule has 0 atom stereocenters. The van der Waals surface area contributed by atoms with E-state index in [1.54, 1.807) is 0 Å². The van der Waals surface area contributed by atoms with E-state index in [2.05, 4.69) is 16.0 Å². The summed E-state index contributed by atoms with van der Waals surface area (Å²) in [5.41, 5.74) is 6.04. The minimum absolute atomic E-state index is 0.558. The number of carbonyl (C=O) groups is 1. The standard InChI is InChI=1S/C14H12N2O/c1-9-14-11-5-3-2-4-10(11)6-15-7-12(14)13(8-17)16-9/h2-6,8,16H,7H2,1H3. The number of nitrogens with one attached hydrogen (secondary N) is 1. The van der Waals surface area contributed by atoms with Crippen LogP contribution in [0.1, 0.15) is 27.3 Å². The molecule has 0 radical (unpaired) electrons. The van der Waals surface area contributed by atoms with Gasteiger partial charge < -0.3 is 4.98 Å². The van der Waals surface area contributed by atoms with Crippen molar-refractivity contribution in [3.05, 3.63) is 46.8 Å². The number of benzene rings is 1. The van der Waals surface area contributed by atoms with Crippen LogP contribution in [0.3, 0.4) is 0 Å². The summed E-state index contributed by atoms with van der Waals surface area (Å²) in [6, 6.07) is 8.12. The van der Waals surface area contributed by atoms with Gasteiger partial charge in [0.1, 0.15) is 0 Å². The maximum absolute atomic E-state index is 11.0. The molecule has 0 amide bonds. The first-order valence-corrected chi connectivity index (χ1v) is 5.57. The SMILES string of the molecule is Cc1[nH]c(C=O)c2c1-c1ccccc1C=NC2. The molecule has 0 bridgehead atoms. The van der Waals surface area contributed by atoms with Crippen LogP contribution >= 0.6 is 0 Å². The van der Waals surface area contributed by atoms with Gasteiger partial charge in [-0.15, -0.1) is 0 Å². The van der Waals surface area contributed by atoms with E-state index in [-0.39, 0.29) is 0 Å². The number of hydrogen-bond acceptors (Lipinski definition) is 2. The summed E-state index contributed by atoms with van der Waals surface area (Å²) in [4.78, 5) is 18.5. The lowest BCUT2D eigenvalue weighted by atomic mass is 9.97. The van der Waals surface area contributed by atoms with E-state index in [4.69, 9.17) is 0 Å². The highest BCUT2D eigenvalue weighted by Gasteiger charge is 2.19. The highest BCUT2D eigenvalue weighted by Crippen LogP contribution is 2.33. The molecule has 1 aromatic heterocycles. The summed E-state index contributed by atoms with van der Waals surface area (Å²) >= 11 is 0. The number of aromatic nitrogens is 1. The monoisotopic (exact) mass is 224 g/mol. The molecule has 1 aliphatic rings. The van der Waals surface area contributed by atoms with Gasteiger partial charge in [0.05, 0.1) is 12.2 Å². The van der Waals surface area contributed by atoms with E-state index in [0.29, 0.717) is 12.2 Å². The summed E-state index contributed by atoms with van der Waals surface area (Å²) in [7, 11) is 0. The molecule has 1 aliphatic heterocycles. The number of carbonyl (C=O) groups excluding carboxylic acids is 1. The number of aldehydes is 1. The fraction of sp³-hybridized carbons (Fsp3) is 0.143. The molecule has 0 unspecified atom stereocenters. The van der Waals surface area contributed by atoms with Gasteiger partial charge in [-0.05, 0) is 12.5 Å². The van der Waals surface area contributed by atoms with Gasteiger partial charge >= 0.3 is 0 Å². The lowest BCUT2D eigenvalue weighted by molar-refractivity contribution is 0.111. The predicted octanol–water partition coefficient (Wildman–Crippen LogP) is 2.74. The van der Waals surface area contributed by atoms with Gasteiger partial charge in [-0.25, -0.2) is 0 Å². The molecular weight excluding hydrogens is 212 g/mol. The predicted molar refractivity (Wildman–Crippen MR) is 67.7 cm³/mol. The lowest BCUT2D eigenvalue weighted by Gasteiger charge is -2.05. The fourth-order valence-electron chi connectivity index (χ4n) is 2.40. The first-order valence-electron chi connectivity index (χ1n) is 5.57. The number of H-pyrrole nitrogens is 1. The van der Waals surface area contributed by atoms with Gasteiger partial charge in [0.25, 0.3) is 0 Å². The Morgan fingerprint density at radius 1 is 1.35 bits per heavy atom. The molecule has 0 saturated carbocycles. The van der Waals surface area contributed by atoms with Crippen LogP contribution in [0.2, 0.25) is 0 Å². The molecule has 84 valence electrons. The minimum Gasteiger partial charge on any atom is -0.356 e. The number of aryl methyl sites for hydroxylation is 1. The molecule has 0 fully saturated rings. The summed E-state index contributed by atoms with van der Waals surface area (Å²) in [6.07, 6.45) is 2.75. The molecule has 1 N–H and O–H groups in total. The molecule has 0 spiro atoms. The van der Waals surface area contributed by atoms with E-state index in [1.807, 2.05) is 31.3 Å². The lowest BCUT2D eigenvalue weighted by Crippen LogP contribution is -1.88. The normalized spacial score (nSPS) is 12.8. The quantitative estimate of drug-likeness (QED) is 0.744. The average molecular weight is 224 g/mol. The molecule has 2 aromatic rings. The van der Waals surface area contributed by atoms with Crippen LogP contribution in [0.15, 0.2) is 29.3 Å². The maximum atomic E-state index is 11.0. The first-order chi connectivity index (χ1) is 8.31. The summed E-state index contributed by atoms with van der Waals surface area (Å²) in [5, 5.41) is 0. The number of nitrogens with zero attached hydrogens (tertiary/aromatic N) is 1. The Morgan fingerprint density at radius 2 is 2.18 bits per heavy atom. The zero-order valence-corrected chi connectivity index (χ0v) is 9.53. The van der Waals surface area contributed by atoms with Crippen LogP contribution in [0.4, 0.5) is 0 Å². The molecule has 2 heterocycles. The van der Waals surface area contributed by atoms with Crippen molar-refractivity contribution in [3.8, 4) is 11.1 Å². The maximum Gasteiger partial charge on any atom is 0.166 e. The Balaban J connectivity index is 2.37. The Kier molecular flexibility index (Phi) is 2.18. The van der Waals surface area contributed by atoms with Gasteiger partial charge in [0, 0.05) is 28.6 Å². The Hall–Kier alpha value is -2.16. The highest BCUT2D eigenvalue weighted by atomic mass is 16.1. The largest absolute Gasteiger partial charge is 0.356 e. The summed E-state index contributed by atoms with van der Waals surface area (Å²) < 4.78 is 0. The van der Waals surface area contributed by atoms with Gasteiger partial charge in [0.2, 0.25) is 0 Å². The Morgan fingerprint density at radius 3 is 3.00 bits per heavy atom. The number of hydrogen-bond donors (Lipinski definition) is 1. The van der Waals surface area contributed by atoms with E-state index in [9.17, 15) is 4.79 Å². The second-order valence-corrected chi connectivity index (χ2v) is 4.19. The Labute approximate surface area is 99.2 Å². The third-order valence-electron chi connectivity index (χ3n) is 3.15. The van der Waals surface area contributed by atoms with E-state index >= 15 is 0 Å². The van der Waals surface area contributed by atoms with E-state index in [1.165, 1.54) is 0 Å². The first kappa shape index (κ1) is 10.0. The second-order valence-electron chi connectivity index (χ2n) is 4.19. The number of rotatable bonds is 1. The molecule has 1 aromatic carbocycles. The summed E-state index contributed by atoms with van der Waals surface area (Å²) in [5.74, 6) is 0. The van der Waals surface area contributed by atoms with Crippen LogP contribution in [-0.2, 0) is 6.54 Å². The van der Waals surface area contributed by atoms with Crippen molar-refractivity contribution in [2.75, 3.05) is 0 Å². The molecular formula is C14H12N2O. The van der Waals surface area contributed by atoms with Gasteiger partial charge in [-0.1, -0.05) is 24.3 Å². The van der Waals surface area contributed by atoms with Gasteiger partial charge in [0.15, 0.2) is 6.29 Å². The van der Waals surface area contributed by atoms with E-state index < -0.39 is 0 Å². The van der Waals surface area contributed by atoms with E-state index in [0.717, 1.165) is 34.2 Å². The Bertz CT molecular complexity index is 623. The van der Waals surface area contributed by atoms with Crippen LogP contribution in [-0.4, -0.2) is 17.5 Å². The number of fused-ring (bicyclic) bond motifs is 3. The van der Waals surface area contributed by atoms with Crippen molar-refractivity contribution in [2.45, 2.75) is 13.5 Å². The van der Waals surface area contributed by atoms with Crippen LogP contribution in [0.5, 0.6) is 0 Å². The second kappa shape index (κ2) is 3.70. The van der Waals surface area contributed by atoms with Crippen LogP contribution in [0, 0.1) is 6.92 Å². The van der Waals surface area contributed by atoms with Crippen molar-refractivity contribution in [1.82, 2.24) is 4.98 Å². The van der Waals surface area contributed by atoms with Crippen LogP contribution < -0.4 is 0 Å². The zero-order valence-electron chi connectivity index (χ0n) is 9.53. The van der Waals surface area contributed by atoms with Crippen molar-refractivity contribution >= 4 is 12.5 Å². The van der Waals surface area contributed by atoms with Crippen molar-refractivity contribution < 1.29 is 4.79 Å². The van der Waals surface area contributed by atoms with Crippen molar-refractivity contribution in [1.29, 1.82) is 0 Å². The van der Waals surface area contributed by atoms with Gasteiger partial charge in [-0.3, -0.25) is 9.79 Å². The summed E-state index contributed by atoms with van der Waals surface area (Å²) in [6.45, 7) is 2.55. The topological polar surface area (TPSA) is 45.2 Å². The number of aliphatic imine (C=N–C) groups is 1. The molecule has 3 heteroatoms. The fourth-order valence-corrected chi connectivity index (χ4v) is 2.40. The van der Waals surface area contributed by atoms with Gasteiger partial charge in [-0.2, -0.15) is 0 Å². The average Bonchev–Trinajstić information content (AvgIpc) is 2.56. The molecule has 0 saturated heterocycles. The smallest absolute Gasteiger partial charge is 0.166 e. The third-order valence-corrected chi connectivity index (χ3v) is 3.15. The highest BCUT2D eigenvalue weighted by molar-refractivity contribution is 5.95. The minimum atomic E-state index is 0.558. The molecule has 17 heavy (non-hydrogen) atoms. The zero-order chi connectivity index (χ0) is 11.8. The molecule has 3 rings (SSSR count). The molecule has 0 aliphatic carbocycles. The molecule has 3 nitrogen and oxygen atoms in total.